The van der Waals surface area contributed by atoms with Crippen molar-refractivity contribution in [1.82, 2.24) is 9.88 Å². The van der Waals surface area contributed by atoms with Crippen molar-refractivity contribution < 1.29 is 14.3 Å². The molecule has 1 rings (SSSR count). The van der Waals surface area contributed by atoms with E-state index >= 15 is 0 Å². The van der Waals surface area contributed by atoms with Crippen LogP contribution in [-0.4, -0.2) is 37.5 Å². The SMILES string of the molecule is C[C@H](NC(=O)OC(C)(C)C)c1ccc(C(=O)N(C)[Si](C)(C)C)cc1. The van der Waals surface area contributed by atoms with Crippen LogP contribution in [0.1, 0.15) is 49.7 Å². The van der Waals surface area contributed by atoms with Crippen molar-refractivity contribution in [2.24, 2.45) is 0 Å². The summed E-state index contributed by atoms with van der Waals surface area (Å²) in [5.74, 6) is 0.0356. The van der Waals surface area contributed by atoms with Crippen LogP contribution in [0.25, 0.3) is 0 Å². The molecule has 6 heteroatoms. The predicted octanol–water partition coefficient (Wildman–Crippen LogP) is 4.18. The lowest BCUT2D eigenvalue weighted by molar-refractivity contribution is 0.0507. The molecule has 1 N–H and O–H groups in total. The zero-order valence-electron chi connectivity index (χ0n) is 16.1. The maximum atomic E-state index is 12.5. The Bertz CT molecular complexity index is 586. The highest BCUT2D eigenvalue weighted by Gasteiger charge is 2.25. The van der Waals surface area contributed by atoms with Gasteiger partial charge in [-0.1, -0.05) is 31.8 Å². The van der Waals surface area contributed by atoms with Gasteiger partial charge < -0.3 is 14.6 Å². The first-order valence-corrected chi connectivity index (χ1v) is 11.6. The Hall–Kier alpha value is -1.82. The molecular formula is C18H30N2O3Si. The molecule has 0 bridgehead atoms. The van der Waals surface area contributed by atoms with Gasteiger partial charge in [-0.3, -0.25) is 4.79 Å². The highest BCUT2D eigenvalue weighted by molar-refractivity contribution is 6.75. The van der Waals surface area contributed by atoms with Gasteiger partial charge in [0.05, 0.1) is 6.04 Å². The number of alkyl carbamates (subject to hydrolysis) is 1. The van der Waals surface area contributed by atoms with Gasteiger partial charge in [-0.15, -0.1) is 0 Å². The lowest BCUT2D eigenvalue weighted by Gasteiger charge is -2.30. The van der Waals surface area contributed by atoms with Crippen LogP contribution >= 0.6 is 0 Å². The topological polar surface area (TPSA) is 58.6 Å². The summed E-state index contributed by atoms with van der Waals surface area (Å²) in [6.07, 6.45) is -0.450. The monoisotopic (exact) mass is 350 g/mol. The minimum atomic E-state index is -1.68. The van der Waals surface area contributed by atoms with E-state index in [0.29, 0.717) is 5.56 Å². The van der Waals surface area contributed by atoms with Crippen molar-refractivity contribution >= 4 is 20.2 Å². The van der Waals surface area contributed by atoms with Gasteiger partial charge in [0.2, 0.25) is 5.91 Å². The van der Waals surface area contributed by atoms with Gasteiger partial charge in [0, 0.05) is 12.6 Å². The molecule has 1 aromatic carbocycles. The largest absolute Gasteiger partial charge is 0.444 e. The Morgan fingerprint density at radius 1 is 1.12 bits per heavy atom. The quantitative estimate of drug-likeness (QED) is 0.829. The summed E-state index contributed by atoms with van der Waals surface area (Å²) in [6, 6.07) is 7.16. The smallest absolute Gasteiger partial charge is 0.408 e. The maximum absolute atomic E-state index is 12.5. The standard InChI is InChI=1S/C18H30N2O3Si/c1-13(19-17(22)23-18(2,3)4)14-9-11-15(12-10-14)16(21)20(5)24(6,7)8/h9-13H,1-8H3,(H,19,22)/t13-/m0/s1. The van der Waals surface area contributed by atoms with Crippen molar-refractivity contribution in [2.45, 2.75) is 59.0 Å². The number of hydrogen-bond donors (Lipinski definition) is 1. The first-order valence-electron chi connectivity index (χ1n) is 8.19. The van der Waals surface area contributed by atoms with Gasteiger partial charge in [-0.05, 0) is 45.4 Å². The number of carbonyl (C=O) groups excluding carboxylic acids is 2. The summed E-state index contributed by atoms with van der Waals surface area (Å²) in [5, 5.41) is 2.80. The van der Waals surface area contributed by atoms with E-state index in [-0.39, 0.29) is 11.9 Å². The van der Waals surface area contributed by atoms with Crippen molar-refractivity contribution in [3.63, 3.8) is 0 Å². The van der Waals surface area contributed by atoms with Crippen LogP contribution in [0.5, 0.6) is 0 Å². The van der Waals surface area contributed by atoms with Crippen LogP contribution in [0.2, 0.25) is 19.6 Å². The number of carbonyl (C=O) groups is 2. The lowest BCUT2D eigenvalue weighted by Crippen LogP contribution is -2.46. The van der Waals surface area contributed by atoms with Gasteiger partial charge in [0.1, 0.15) is 5.60 Å². The number of amides is 2. The second kappa shape index (κ2) is 7.38. The molecule has 0 radical (unpaired) electrons. The third-order valence-electron chi connectivity index (χ3n) is 3.70. The Morgan fingerprint density at radius 2 is 1.62 bits per heavy atom. The molecule has 0 unspecified atom stereocenters. The molecule has 134 valence electrons. The molecule has 0 spiro atoms. The van der Waals surface area contributed by atoms with Crippen molar-refractivity contribution in [3.05, 3.63) is 35.4 Å². The molecule has 0 aliphatic heterocycles. The lowest BCUT2D eigenvalue weighted by atomic mass is 10.1. The van der Waals surface area contributed by atoms with E-state index in [9.17, 15) is 9.59 Å². The van der Waals surface area contributed by atoms with Gasteiger partial charge in [0.25, 0.3) is 0 Å². The average molecular weight is 351 g/mol. The van der Waals surface area contributed by atoms with E-state index < -0.39 is 19.9 Å². The van der Waals surface area contributed by atoms with Crippen LogP contribution in [0, 0.1) is 0 Å². The van der Waals surface area contributed by atoms with Crippen LogP contribution in [0.4, 0.5) is 4.79 Å². The molecule has 0 saturated carbocycles. The Kier molecular flexibility index (Phi) is 6.22. The zero-order valence-corrected chi connectivity index (χ0v) is 17.1. The van der Waals surface area contributed by atoms with E-state index in [4.69, 9.17) is 4.74 Å². The van der Waals surface area contributed by atoms with Crippen molar-refractivity contribution in [1.29, 1.82) is 0 Å². The van der Waals surface area contributed by atoms with Crippen molar-refractivity contribution in [3.8, 4) is 0 Å². The van der Waals surface area contributed by atoms with Gasteiger partial charge in [-0.2, -0.15) is 0 Å². The number of rotatable bonds is 4. The van der Waals surface area contributed by atoms with E-state index in [1.807, 2.05) is 63.6 Å². The third kappa shape index (κ3) is 6.00. The van der Waals surface area contributed by atoms with E-state index in [1.54, 1.807) is 0 Å². The first-order chi connectivity index (χ1) is 10.8. The number of ether oxygens (including phenoxy) is 1. The number of hydrogen-bond acceptors (Lipinski definition) is 3. The normalized spacial score (nSPS) is 13.2. The molecule has 24 heavy (non-hydrogen) atoms. The van der Waals surface area contributed by atoms with E-state index in [2.05, 4.69) is 25.0 Å². The zero-order chi connectivity index (χ0) is 18.7. The minimum Gasteiger partial charge on any atom is -0.444 e. The summed E-state index contributed by atoms with van der Waals surface area (Å²) in [7, 11) is 0.180. The Morgan fingerprint density at radius 3 is 2.04 bits per heavy atom. The average Bonchev–Trinajstić information content (AvgIpc) is 2.42. The summed E-state index contributed by atoms with van der Waals surface area (Å²) in [5.41, 5.74) is 1.06. The van der Waals surface area contributed by atoms with Crippen LogP contribution in [0.3, 0.4) is 0 Å². The van der Waals surface area contributed by atoms with Crippen LogP contribution < -0.4 is 5.32 Å². The second-order valence-electron chi connectivity index (χ2n) is 8.02. The van der Waals surface area contributed by atoms with E-state index in [1.165, 1.54) is 0 Å². The van der Waals surface area contributed by atoms with Crippen LogP contribution in [0.15, 0.2) is 24.3 Å². The molecule has 2 amide bonds. The molecule has 0 heterocycles. The fourth-order valence-electron chi connectivity index (χ4n) is 1.98. The molecule has 0 fully saturated rings. The van der Waals surface area contributed by atoms with Gasteiger partial charge in [-0.25, -0.2) is 4.79 Å². The molecule has 0 saturated heterocycles. The van der Waals surface area contributed by atoms with Crippen LogP contribution in [-0.2, 0) is 4.74 Å². The summed E-state index contributed by atoms with van der Waals surface area (Å²) in [4.78, 5) is 24.3. The number of nitrogens with one attached hydrogen (secondary N) is 1. The highest BCUT2D eigenvalue weighted by Crippen LogP contribution is 2.17. The maximum Gasteiger partial charge on any atom is 0.408 e. The molecule has 1 aromatic rings. The Labute approximate surface area is 146 Å². The third-order valence-corrected chi connectivity index (χ3v) is 5.92. The summed E-state index contributed by atoms with van der Waals surface area (Å²) in [6.45, 7) is 13.8. The molecular weight excluding hydrogens is 320 g/mol. The molecule has 0 aromatic heterocycles. The number of nitrogens with zero attached hydrogens (tertiary/aromatic N) is 1. The fourth-order valence-corrected chi connectivity index (χ4v) is 2.72. The summed E-state index contributed by atoms with van der Waals surface area (Å²) < 4.78 is 7.11. The van der Waals surface area contributed by atoms with Crippen molar-refractivity contribution in [2.75, 3.05) is 7.05 Å². The first kappa shape index (κ1) is 20.2. The van der Waals surface area contributed by atoms with Gasteiger partial charge >= 0.3 is 6.09 Å². The molecule has 0 aliphatic carbocycles. The number of benzene rings is 1. The van der Waals surface area contributed by atoms with Gasteiger partial charge in [0.15, 0.2) is 8.24 Å². The molecule has 1 atom stereocenters. The molecule has 5 nitrogen and oxygen atoms in total. The van der Waals surface area contributed by atoms with E-state index in [0.717, 1.165) is 5.56 Å². The fraction of sp³-hybridized carbons (Fsp3) is 0.556. The minimum absolute atomic E-state index is 0.0356. The second-order valence-corrected chi connectivity index (χ2v) is 13.0. The Balaban J connectivity index is 2.77. The predicted molar refractivity (Wildman–Crippen MR) is 99.7 cm³/mol. The summed E-state index contributed by atoms with van der Waals surface area (Å²) >= 11 is 0. The highest BCUT2D eigenvalue weighted by atomic mass is 28.3. The molecule has 0 aliphatic rings.